The van der Waals surface area contributed by atoms with Crippen LogP contribution in [0.1, 0.15) is 23.5 Å². The first kappa shape index (κ1) is 16.0. The van der Waals surface area contributed by atoms with Crippen LogP contribution in [0.2, 0.25) is 0 Å². The van der Waals surface area contributed by atoms with E-state index in [2.05, 4.69) is 9.88 Å². The summed E-state index contributed by atoms with van der Waals surface area (Å²) in [5, 5.41) is 19.1. The highest BCUT2D eigenvalue weighted by Gasteiger charge is 2.23. The van der Waals surface area contributed by atoms with Gasteiger partial charge in [-0.1, -0.05) is 12.1 Å². The maximum absolute atomic E-state index is 11.3. The lowest BCUT2D eigenvalue weighted by atomic mass is 9.94. The molecule has 0 fully saturated rings. The van der Waals surface area contributed by atoms with Crippen LogP contribution in [0.3, 0.4) is 0 Å². The van der Waals surface area contributed by atoms with Crippen molar-refractivity contribution in [3.05, 3.63) is 35.5 Å². The normalized spacial score (nSPS) is 12.7. The summed E-state index contributed by atoms with van der Waals surface area (Å²) in [4.78, 5) is 27.3. The van der Waals surface area contributed by atoms with Crippen LogP contribution < -0.4 is 0 Å². The Kier molecular flexibility index (Phi) is 4.82. The van der Waals surface area contributed by atoms with Gasteiger partial charge in [0.25, 0.3) is 0 Å². The standard InChI is InChI=1S/C16H20N2O4/c1-18(2)6-5-11-9-17-14-7-10(3-4-12(11)14)13(16(21)22)8-15(19)20/h3-4,7,9,13,17H,5-6,8H2,1-2H3,(H,19,20)(H,21,22). The SMILES string of the molecule is CN(C)CCc1c[nH]c2cc(C(CC(=O)O)C(=O)O)ccc12. The number of aromatic nitrogens is 1. The zero-order valence-electron chi connectivity index (χ0n) is 12.7. The van der Waals surface area contributed by atoms with E-state index in [1.165, 1.54) is 5.56 Å². The van der Waals surface area contributed by atoms with Crippen LogP contribution in [0, 0.1) is 0 Å². The number of aromatic amines is 1. The number of carboxylic acids is 2. The number of nitrogens with one attached hydrogen (secondary N) is 1. The number of H-pyrrole nitrogens is 1. The molecule has 1 heterocycles. The highest BCUT2D eigenvalue weighted by molar-refractivity contribution is 5.87. The summed E-state index contributed by atoms with van der Waals surface area (Å²) in [5.41, 5.74) is 2.51. The number of nitrogens with zero attached hydrogens (tertiary/aromatic N) is 1. The Bertz CT molecular complexity index is 691. The van der Waals surface area contributed by atoms with Crippen molar-refractivity contribution in [2.24, 2.45) is 0 Å². The van der Waals surface area contributed by atoms with Crippen molar-refractivity contribution in [3.8, 4) is 0 Å². The molecule has 0 spiro atoms. The first-order chi connectivity index (χ1) is 10.4. The summed E-state index contributed by atoms with van der Waals surface area (Å²) in [6.07, 6.45) is 2.39. The molecule has 3 N–H and O–H groups in total. The Morgan fingerprint density at radius 3 is 2.59 bits per heavy atom. The minimum Gasteiger partial charge on any atom is -0.481 e. The molecule has 0 aliphatic heterocycles. The molecule has 2 aromatic rings. The van der Waals surface area contributed by atoms with Gasteiger partial charge in [0.15, 0.2) is 0 Å². The second-order valence-electron chi connectivity index (χ2n) is 5.66. The smallest absolute Gasteiger partial charge is 0.311 e. The molecule has 0 aliphatic carbocycles. The number of benzene rings is 1. The molecular formula is C16H20N2O4. The van der Waals surface area contributed by atoms with Gasteiger partial charge in [-0.15, -0.1) is 0 Å². The van der Waals surface area contributed by atoms with Gasteiger partial charge in [0.05, 0.1) is 12.3 Å². The van der Waals surface area contributed by atoms with E-state index in [1.807, 2.05) is 26.4 Å². The van der Waals surface area contributed by atoms with E-state index >= 15 is 0 Å². The Morgan fingerprint density at radius 1 is 1.27 bits per heavy atom. The fourth-order valence-corrected chi connectivity index (χ4v) is 2.49. The number of carboxylic acid groups (broad SMARTS) is 2. The third-order valence-electron chi connectivity index (χ3n) is 3.70. The number of rotatable bonds is 7. The molecule has 1 atom stereocenters. The zero-order chi connectivity index (χ0) is 16.3. The lowest BCUT2D eigenvalue weighted by Crippen LogP contribution is -2.16. The monoisotopic (exact) mass is 304 g/mol. The summed E-state index contributed by atoms with van der Waals surface area (Å²) >= 11 is 0. The van der Waals surface area contributed by atoms with Gasteiger partial charge in [0.2, 0.25) is 0 Å². The first-order valence-electron chi connectivity index (χ1n) is 7.07. The average Bonchev–Trinajstić information content (AvgIpc) is 2.84. The molecule has 6 nitrogen and oxygen atoms in total. The Labute approximate surface area is 128 Å². The molecule has 0 amide bonds. The minimum absolute atomic E-state index is 0.422. The van der Waals surface area contributed by atoms with E-state index in [4.69, 9.17) is 5.11 Å². The van der Waals surface area contributed by atoms with Gasteiger partial charge in [0, 0.05) is 23.6 Å². The molecule has 118 valence electrons. The number of carbonyl (C=O) groups is 2. The van der Waals surface area contributed by atoms with Crippen molar-refractivity contribution in [1.29, 1.82) is 0 Å². The van der Waals surface area contributed by atoms with Crippen LogP contribution in [0.15, 0.2) is 24.4 Å². The number of hydrogen-bond acceptors (Lipinski definition) is 3. The number of aliphatic carboxylic acids is 2. The number of fused-ring (bicyclic) bond motifs is 1. The molecule has 1 aromatic carbocycles. The maximum Gasteiger partial charge on any atom is 0.311 e. The van der Waals surface area contributed by atoms with E-state index in [-0.39, 0.29) is 0 Å². The lowest BCUT2D eigenvalue weighted by molar-refractivity contribution is -0.145. The summed E-state index contributed by atoms with van der Waals surface area (Å²) < 4.78 is 0. The third kappa shape index (κ3) is 3.65. The largest absolute Gasteiger partial charge is 0.481 e. The van der Waals surface area contributed by atoms with E-state index < -0.39 is 24.3 Å². The second kappa shape index (κ2) is 6.62. The van der Waals surface area contributed by atoms with Crippen LogP contribution in [0.5, 0.6) is 0 Å². The van der Waals surface area contributed by atoms with Crippen LogP contribution in [-0.4, -0.2) is 52.7 Å². The molecular weight excluding hydrogens is 284 g/mol. The third-order valence-corrected chi connectivity index (χ3v) is 3.70. The van der Waals surface area contributed by atoms with Crippen molar-refractivity contribution < 1.29 is 19.8 Å². The lowest BCUT2D eigenvalue weighted by Gasteiger charge is -2.11. The fraction of sp³-hybridized carbons (Fsp3) is 0.375. The molecule has 0 saturated heterocycles. The molecule has 0 saturated carbocycles. The summed E-state index contributed by atoms with van der Waals surface area (Å²) in [6.45, 7) is 0.922. The highest BCUT2D eigenvalue weighted by atomic mass is 16.4. The Hall–Kier alpha value is -2.34. The van der Waals surface area contributed by atoms with E-state index in [0.717, 1.165) is 23.9 Å². The summed E-state index contributed by atoms with van der Waals surface area (Å²) in [7, 11) is 4.02. The van der Waals surface area contributed by atoms with E-state index in [0.29, 0.717) is 5.56 Å². The average molecular weight is 304 g/mol. The van der Waals surface area contributed by atoms with Crippen LogP contribution in [0.4, 0.5) is 0 Å². The maximum atomic E-state index is 11.3. The second-order valence-corrected chi connectivity index (χ2v) is 5.66. The van der Waals surface area contributed by atoms with E-state index in [1.54, 1.807) is 12.1 Å². The quantitative estimate of drug-likeness (QED) is 0.726. The molecule has 2 rings (SSSR count). The molecule has 0 aliphatic rings. The Morgan fingerprint density at radius 2 is 2.00 bits per heavy atom. The van der Waals surface area contributed by atoms with Gasteiger partial charge in [-0.3, -0.25) is 9.59 Å². The van der Waals surface area contributed by atoms with Crippen LogP contribution in [-0.2, 0) is 16.0 Å². The van der Waals surface area contributed by atoms with Crippen molar-refractivity contribution >= 4 is 22.8 Å². The van der Waals surface area contributed by atoms with Gasteiger partial charge in [0.1, 0.15) is 0 Å². The van der Waals surface area contributed by atoms with Gasteiger partial charge < -0.3 is 20.1 Å². The first-order valence-corrected chi connectivity index (χ1v) is 7.07. The van der Waals surface area contributed by atoms with Gasteiger partial charge in [-0.2, -0.15) is 0 Å². The van der Waals surface area contributed by atoms with Gasteiger partial charge in [-0.25, -0.2) is 0 Å². The molecule has 0 radical (unpaired) electrons. The molecule has 6 heteroatoms. The number of hydrogen-bond donors (Lipinski definition) is 3. The summed E-state index contributed by atoms with van der Waals surface area (Å²) in [6, 6.07) is 5.30. The predicted molar refractivity (Wildman–Crippen MR) is 83.2 cm³/mol. The summed E-state index contributed by atoms with van der Waals surface area (Å²) in [5.74, 6) is -3.28. The van der Waals surface area contributed by atoms with E-state index in [9.17, 15) is 14.7 Å². The molecule has 1 aromatic heterocycles. The molecule has 1 unspecified atom stereocenters. The van der Waals surface area contributed by atoms with Crippen molar-refractivity contribution in [3.63, 3.8) is 0 Å². The minimum atomic E-state index is -1.12. The Balaban J connectivity index is 2.30. The number of likely N-dealkylation sites (N-methyl/N-ethyl adjacent to an activating group) is 1. The zero-order valence-corrected chi connectivity index (χ0v) is 12.7. The van der Waals surface area contributed by atoms with Gasteiger partial charge in [-0.05, 0) is 37.7 Å². The van der Waals surface area contributed by atoms with Crippen molar-refractivity contribution in [2.75, 3.05) is 20.6 Å². The van der Waals surface area contributed by atoms with Crippen LogP contribution in [0.25, 0.3) is 10.9 Å². The van der Waals surface area contributed by atoms with Crippen molar-refractivity contribution in [2.45, 2.75) is 18.8 Å². The molecule has 0 bridgehead atoms. The molecule has 22 heavy (non-hydrogen) atoms. The van der Waals surface area contributed by atoms with Crippen LogP contribution >= 0.6 is 0 Å². The predicted octanol–water partition coefficient (Wildman–Crippen LogP) is 1.91. The highest BCUT2D eigenvalue weighted by Crippen LogP contribution is 2.26. The fourth-order valence-electron chi connectivity index (χ4n) is 2.49. The van der Waals surface area contributed by atoms with Crippen molar-refractivity contribution in [1.82, 2.24) is 9.88 Å². The topological polar surface area (TPSA) is 93.6 Å². The van der Waals surface area contributed by atoms with Gasteiger partial charge >= 0.3 is 11.9 Å².